The van der Waals surface area contributed by atoms with Crippen LogP contribution in [0.4, 0.5) is 0 Å². The number of piperazine rings is 1. The fourth-order valence-corrected chi connectivity index (χ4v) is 3.22. The van der Waals surface area contributed by atoms with Gasteiger partial charge in [-0.25, -0.2) is 0 Å². The number of hydrogen-bond donors (Lipinski definition) is 0. The normalized spacial score (nSPS) is 17.6. The number of rotatable bonds is 6. The molecule has 0 saturated carbocycles. The van der Waals surface area contributed by atoms with E-state index in [1.165, 1.54) is 0 Å². The van der Waals surface area contributed by atoms with Gasteiger partial charge in [0.05, 0.1) is 13.1 Å². The molecule has 0 atom stereocenters. The minimum atomic E-state index is 0.0628. The van der Waals surface area contributed by atoms with E-state index in [0.29, 0.717) is 13.1 Å². The number of amides is 2. The molecule has 2 amide bonds. The molecule has 1 fully saturated rings. The Morgan fingerprint density at radius 2 is 1.56 bits per heavy atom. The predicted molar refractivity (Wildman–Crippen MR) is 75.6 cm³/mol. The Balaban J connectivity index is 2.73. The van der Waals surface area contributed by atoms with Gasteiger partial charge < -0.3 is 9.80 Å². The molecule has 5 heteroatoms. The van der Waals surface area contributed by atoms with Gasteiger partial charge in [-0.15, -0.1) is 0 Å². The zero-order valence-electron chi connectivity index (χ0n) is 11.5. The number of carbonyl (C=O) groups excluding carboxylic acids is 2. The van der Waals surface area contributed by atoms with Crippen LogP contribution in [0.5, 0.6) is 0 Å². The van der Waals surface area contributed by atoms with Crippen LogP contribution in [0.25, 0.3) is 0 Å². The summed E-state index contributed by atoms with van der Waals surface area (Å²) in [5.41, 5.74) is 0.0876. The number of carbonyl (C=O) groups is 2. The molecule has 0 aromatic carbocycles. The lowest BCUT2D eigenvalue weighted by atomic mass is 9.84. The Labute approximate surface area is 118 Å². The van der Waals surface area contributed by atoms with Gasteiger partial charge in [0.1, 0.15) is 0 Å². The van der Waals surface area contributed by atoms with Crippen molar-refractivity contribution >= 4 is 27.7 Å². The fourth-order valence-electron chi connectivity index (χ4n) is 2.24. The van der Waals surface area contributed by atoms with Gasteiger partial charge >= 0.3 is 0 Å². The first-order valence-corrected chi connectivity index (χ1v) is 7.75. The Bertz CT molecular complexity index is 308. The van der Waals surface area contributed by atoms with Gasteiger partial charge in [-0.1, -0.05) is 29.8 Å². The van der Waals surface area contributed by atoms with Crippen molar-refractivity contribution in [1.29, 1.82) is 0 Å². The Kier molecular flexibility index (Phi) is 5.63. The Morgan fingerprint density at radius 1 is 1.06 bits per heavy atom. The maximum absolute atomic E-state index is 12.1. The van der Waals surface area contributed by atoms with Crippen molar-refractivity contribution in [3.8, 4) is 0 Å². The molecular weight excluding hydrogens is 296 g/mol. The summed E-state index contributed by atoms with van der Waals surface area (Å²) < 4.78 is 0. The van der Waals surface area contributed by atoms with Gasteiger partial charge in [0.25, 0.3) is 0 Å². The molecule has 4 nitrogen and oxygen atoms in total. The highest BCUT2D eigenvalue weighted by Crippen LogP contribution is 2.30. The first kappa shape index (κ1) is 15.5. The minimum absolute atomic E-state index is 0.0628. The van der Waals surface area contributed by atoms with Crippen LogP contribution in [0.1, 0.15) is 33.6 Å². The monoisotopic (exact) mass is 318 g/mol. The lowest BCUT2D eigenvalue weighted by Crippen LogP contribution is -2.56. The van der Waals surface area contributed by atoms with Crippen LogP contribution in [-0.4, -0.2) is 53.1 Å². The van der Waals surface area contributed by atoms with Crippen molar-refractivity contribution in [2.75, 3.05) is 31.5 Å². The SMILES string of the molecule is CCN1CC(=O)N(CC(CC)(CC)CBr)CC1=O. The summed E-state index contributed by atoms with van der Waals surface area (Å²) in [6.45, 7) is 7.94. The zero-order chi connectivity index (χ0) is 13.8. The van der Waals surface area contributed by atoms with Gasteiger partial charge in [-0.05, 0) is 25.2 Å². The number of hydrogen-bond acceptors (Lipinski definition) is 2. The van der Waals surface area contributed by atoms with E-state index >= 15 is 0 Å². The highest BCUT2D eigenvalue weighted by Gasteiger charge is 2.34. The van der Waals surface area contributed by atoms with Crippen LogP contribution in [0.2, 0.25) is 0 Å². The number of likely N-dealkylation sites (N-methyl/N-ethyl adjacent to an activating group) is 1. The molecule has 0 aliphatic carbocycles. The van der Waals surface area contributed by atoms with Crippen molar-refractivity contribution in [2.24, 2.45) is 5.41 Å². The largest absolute Gasteiger partial charge is 0.332 e. The first-order chi connectivity index (χ1) is 8.51. The topological polar surface area (TPSA) is 40.6 Å². The van der Waals surface area contributed by atoms with E-state index in [4.69, 9.17) is 0 Å². The average Bonchev–Trinajstić information content (AvgIpc) is 2.39. The molecule has 0 bridgehead atoms. The highest BCUT2D eigenvalue weighted by atomic mass is 79.9. The summed E-state index contributed by atoms with van der Waals surface area (Å²) in [5, 5.41) is 0.864. The molecule has 0 aromatic rings. The molecule has 0 N–H and O–H groups in total. The minimum Gasteiger partial charge on any atom is -0.332 e. The summed E-state index contributed by atoms with van der Waals surface area (Å²) in [6, 6.07) is 0. The molecule has 1 saturated heterocycles. The second-order valence-corrected chi connectivity index (χ2v) is 5.56. The van der Waals surface area contributed by atoms with Gasteiger partial charge in [0.15, 0.2) is 0 Å². The Morgan fingerprint density at radius 3 is 2.00 bits per heavy atom. The van der Waals surface area contributed by atoms with E-state index in [1.54, 1.807) is 9.80 Å². The van der Waals surface area contributed by atoms with E-state index in [-0.39, 0.29) is 30.3 Å². The summed E-state index contributed by atoms with van der Waals surface area (Å²) in [4.78, 5) is 27.2. The molecule has 0 radical (unpaired) electrons. The molecule has 0 unspecified atom stereocenters. The summed E-state index contributed by atoms with van der Waals surface area (Å²) >= 11 is 3.55. The van der Waals surface area contributed by atoms with Crippen molar-refractivity contribution < 1.29 is 9.59 Å². The third kappa shape index (κ3) is 3.25. The van der Waals surface area contributed by atoms with Crippen LogP contribution in [0.3, 0.4) is 0 Å². The molecule has 1 aliphatic heterocycles. The Hall–Kier alpha value is -0.580. The molecule has 0 aromatic heterocycles. The smallest absolute Gasteiger partial charge is 0.242 e. The number of nitrogens with zero attached hydrogens (tertiary/aromatic N) is 2. The molecule has 104 valence electrons. The third-order valence-electron chi connectivity index (χ3n) is 4.05. The van der Waals surface area contributed by atoms with E-state index in [0.717, 1.165) is 18.2 Å². The fraction of sp³-hybridized carbons (Fsp3) is 0.846. The molecule has 0 spiro atoms. The van der Waals surface area contributed by atoms with Gasteiger partial charge in [-0.3, -0.25) is 9.59 Å². The van der Waals surface area contributed by atoms with Gasteiger partial charge in [0, 0.05) is 18.4 Å². The van der Waals surface area contributed by atoms with E-state index in [9.17, 15) is 9.59 Å². The molecule has 1 heterocycles. The molecule has 18 heavy (non-hydrogen) atoms. The quantitative estimate of drug-likeness (QED) is 0.702. The van der Waals surface area contributed by atoms with E-state index in [2.05, 4.69) is 29.8 Å². The van der Waals surface area contributed by atoms with Gasteiger partial charge in [-0.2, -0.15) is 0 Å². The van der Waals surface area contributed by atoms with Crippen molar-refractivity contribution in [3.63, 3.8) is 0 Å². The molecule has 1 aliphatic rings. The lowest BCUT2D eigenvalue weighted by Gasteiger charge is -2.39. The summed E-state index contributed by atoms with van der Waals surface area (Å²) in [6.07, 6.45) is 2.01. The third-order valence-corrected chi connectivity index (χ3v) is 5.24. The maximum Gasteiger partial charge on any atom is 0.242 e. The van der Waals surface area contributed by atoms with E-state index in [1.807, 2.05) is 6.92 Å². The van der Waals surface area contributed by atoms with E-state index < -0.39 is 0 Å². The van der Waals surface area contributed by atoms with Crippen LogP contribution in [-0.2, 0) is 9.59 Å². The van der Waals surface area contributed by atoms with Gasteiger partial charge in [0.2, 0.25) is 11.8 Å². The standard InChI is InChI=1S/C13H23BrN2O2/c1-4-13(5-2,9-14)10-16-8-11(17)15(6-3)7-12(16)18/h4-10H2,1-3H3. The zero-order valence-corrected chi connectivity index (χ0v) is 13.1. The van der Waals surface area contributed by atoms with Crippen LogP contribution in [0.15, 0.2) is 0 Å². The number of alkyl halides is 1. The van der Waals surface area contributed by atoms with Crippen LogP contribution in [0, 0.1) is 5.41 Å². The van der Waals surface area contributed by atoms with Crippen LogP contribution < -0.4 is 0 Å². The second kappa shape index (κ2) is 6.55. The number of halogens is 1. The van der Waals surface area contributed by atoms with Crippen LogP contribution >= 0.6 is 15.9 Å². The first-order valence-electron chi connectivity index (χ1n) is 6.63. The van der Waals surface area contributed by atoms with Crippen molar-refractivity contribution in [1.82, 2.24) is 9.80 Å². The average molecular weight is 319 g/mol. The summed E-state index contributed by atoms with van der Waals surface area (Å²) in [7, 11) is 0. The predicted octanol–water partition coefficient (Wildman–Crippen LogP) is 1.88. The molecule has 1 rings (SSSR count). The molecular formula is C13H23BrN2O2. The highest BCUT2D eigenvalue weighted by molar-refractivity contribution is 9.09. The van der Waals surface area contributed by atoms with Crippen molar-refractivity contribution in [3.05, 3.63) is 0 Å². The second-order valence-electron chi connectivity index (χ2n) is 5.00. The lowest BCUT2D eigenvalue weighted by molar-refractivity contribution is -0.151. The summed E-state index contributed by atoms with van der Waals surface area (Å²) in [5.74, 6) is 0.136. The maximum atomic E-state index is 12.1. The van der Waals surface area contributed by atoms with Crippen molar-refractivity contribution in [2.45, 2.75) is 33.6 Å².